The predicted octanol–water partition coefficient (Wildman–Crippen LogP) is 3.29. The smallest absolute Gasteiger partial charge is 0.180 e. The van der Waals surface area contributed by atoms with E-state index in [4.69, 9.17) is 10.5 Å². The van der Waals surface area contributed by atoms with Crippen LogP contribution in [0.3, 0.4) is 0 Å². The van der Waals surface area contributed by atoms with Crippen molar-refractivity contribution in [1.29, 1.82) is 0 Å². The van der Waals surface area contributed by atoms with Crippen LogP contribution in [0.4, 0.5) is 0 Å². The molecule has 120 valence electrons. The van der Waals surface area contributed by atoms with Gasteiger partial charge in [-0.05, 0) is 30.2 Å². The van der Waals surface area contributed by atoms with Gasteiger partial charge in [0.1, 0.15) is 11.5 Å². The number of thioether (sulfide) groups is 1. The van der Waals surface area contributed by atoms with Gasteiger partial charge in [0.2, 0.25) is 0 Å². The van der Waals surface area contributed by atoms with Crippen LogP contribution in [0.25, 0.3) is 0 Å². The molecule has 0 atom stereocenters. The Morgan fingerprint density at radius 1 is 1.30 bits per heavy atom. The van der Waals surface area contributed by atoms with Gasteiger partial charge in [0.15, 0.2) is 5.17 Å². The summed E-state index contributed by atoms with van der Waals surface area (Å²) in [6.07, 6.45) is 1.46. The molecule has 23 heavy (non-hydrogen) atoms. The molecule has 0 fully saturated rings. The van der Waals surface area contributed by atoms with Gasteiger partial charge in [-0.3, -0.25) is 0 Å². The number of hydrogen-bond acceptors (Lipinski definition) is 5. The molecule has 0 amide bonds. The van der Waals surface area contributed by atoms with E-state index in [1.165, 1.54) is 23.5 Å². The lowest BCUT2D eigenvalue weighted by Gasteiger charge is -2.06. The van der Waals surface area contributed by atoms with Gasteiger partial charge in [0, 0.05) is 11.3 Å². The van der Waals surface area contributed by atoms with E-state index >= 15 is 0 Å². The highest BCUT2D eigenvalue weighted by molar-refractivity contribution is 8.13. The minimum atomic E-state index is 0.153. The van der Waals surface area contributed by atoms with Crippen LogP contribution in [0.15, 0.2) is 52.7 Å². The maximum Gasteiger partial charge on any atom is 0.180 e. The molecule has 0 radical (unpaired) electrons. The number of aromatic hydroxyl groups is 1. The van der Waals surface area contributed by atoms with Crippen molar-refractivity contribution in [2.75, 3.05) is 7.11 Å². The Kier molecular flexibility index (Phi) is 6.05. The minimum Gasteiger partial charge on any atom is -0.507 e. The molecule has 3 N–H and O–H groups in total. The van der Waals surface area contributed by atoms with Crippen LogP contribution in [-0.4, -0.2) is 23.6 Å². The maximum absolute atomic E-state index is 10.0. The van der Waals surface area contributed by atoms with Crippen molar-refractivity contribution in [2.24, 2.45) is 15.9 Å². The van der Waals surface area contributed by atoms with Crippen LogP contribution in [0, 0.1) is 6.92 Å². The maximum atomic E-state index is 10.0. The van der Waals surface area contributed by atoms with Gasteiger partial charge in [-0.25, -0.2) is 0 Å². The summed E-state index contributed by atoms with van der Waals surface area (Å²) in [5.74, 6) is 1.53. The predicted molar refractivity (Wildman–Crippen MR) is 96.3 cm³/mol. The topological polar surface area (TPSA) is 80.2 Å². The number of amidine groups is 1. The molecule has 2 aromatic carbocycles. The summed E-state index contributed by atoms with van der Waals surface area (Å²) in [6, 6.07) is 13.4. The summed E-state index contributed by atoms with van der Waals surface area (Å²) >= 11 is 1.41. The van der Waals surface area contributed by atoms with Crippen molar-refractivity contribution < 1.29 is 9.84 Å². The van der Waals surface area contributed by atoms with Crippen molar-refractivity contribution in [3.63, 3.8) is 0 Å². The summed E-state index contributed by atoms with van der Waals surface area (Å²) in [4.78, 5) is 0. The molecule has 6 heteroatoms. The zero-order chi connectivity index (χ0) is 16.7. The molecule has 5 nitrogen and oxygen atoms in total. The standard InChI is InChI=1S/C17H19N3O2S/c1-12-8-15(22-2)9-14(16(12)21)10-19-20-17(18)23-11-13-6-4-3-5-7-13/h3-10,21H,11H2,1-2H3,(H2,18,20). The molecule has 0 saturated carbocycles. The summed E-state index contributed by atoms with van der Waals surface area (Å²) in [6.45, 7) is 1.79. The second kappa shape index (κ2) is 8.24. The highest BCUT2D eigenvalue weighted by Gasteiger charge is 2.05. The fraction of sp³-hybridized carbons (Fsp3) is 0.176. The number of rotatable bonds is 5. The fourth-order valence-electron chi connectivity index (χ4n) is 1.90. The minimum absolute atomic E-state index is 0.153. The Hall–Kier alpha value is -2.47. The summed E-state index contributed by atoms with van der Waals surface area (Å²) in [7, 11) is 1.57. The van der Waals surface area contributed by atoms with Crippen LogP contribution >= 0.6 is 11.8 Å². The van der Waals surface area contributed by atoms with Crippen molar-refractivity contribution in [1.82, 2.24) is 0 Å². The van der Waals surface area contributed by atoms with E-state index < -0.39 is 0 Å². The molecule has 0 aliphatic carbocycles. The molecular weight excluding hydrogens is 310 g/mol. The van der Waals surface area contributed by atoms with Crippen LogP contribution in [0.5, 0.6) is 11.5 Å². The molecule has 0 spiro atoms. The number of phenols is 1. The first-order chi connectivity index (χ1) is 11.1. The second-order valence-electron chi connectivity index (χ2n) is 4.84. The van der Waals surface area contributed by atoms with E-state index in [0.717, 1.165) is 5.75 Å². The average molecular weight is 329 g/mol. The van der Waals surface area contributed by atoms with Gasteiger partial charge in [-0.15, -0.1) is 5.10 Å². The number of ether oxygens (including phenoxy) is 1. The van der Waals surface area contributed by atoms with E-state index in [2.05, 4.69) is 10.2 Å². The number of hydrogen-bond donors (Lipinski definition) is 2. The molecule has 2 rings (SSSR count). The zero-order valence-electron chi connectivity index (χ0n) is 13.1. The van der Waals surface area contributed by atoms with Crippen molar-refractivity contribution in [3.8, 4) is 11.5 Å². The average Bonchev–Trinajstić information content (AvgIpc) is 2.57. The molecular formula is C17H19N3O2S. The quantitative estimate of drug-likeness (QED) is 0.501. The van der Waals surface area contributed by atoms with Crippen molar-refractivity contribution >= 4 is 23.1 Å². The monoisotopic (exact) mass is 329 g/mol. The molecule has 0 aromatic heterocycles. The van der Waals surface area contributed by atoms with Gasteiger partial charge in [-0.2, -0.15) is 5.10 Å². The lowest BCUT2D eigenvalue weighted by molar-refractivity contribution is 0.411. The van der Waals surface area contributed by atoms with Crippen molar-refractivity contribution in [2.45, 2.75) is 12.7 Å². The third-order valence-corrected chi connectivity index (χ3v) is 3.98. The number of benzene rings is 2. The molecule has 0 heterocycles. The zero-order valence-corrected chi connectivity index (χ0v) is 13.9. The Morgan fingerprint density at radius 3 is 2.74 bits per heavy atom. The molecule has 0 bridgehead atoms. The van der Waals surface area contributed by atoms with E-state index in [1.807, 2.05) is 30.3 Å². The number of nitrogens with zero attached hydrogens (tertiary/aromatic N) is 2. The largest absolute Gasteiger partial charge is 0.507 e. The second-order valence-corrected chi connectivity index (χ2v) is 5.83. The summed E-state index contributed by atoms with van der Waals surface area (Å²) in [5, 5.41) is 18.2. The molecule has 0 saturated heterocycles. The number of nitrogens with two attached hydrogens (primary N) is 1. The molecule has 0 aliphatic rings. The summed E-state index contributed by atoms with van der Waals surface area (Å²) < 4.78 is 5.17. The Morgan fingerprint density at radius 2 is 2.04 bits per heavy atom. The Bertz CT molecular complexity index is 715. The van der Waals surface area contributed by atoms with Gasteiger partial charge in [0.25, 0.3) is 0 Å². The van der Waals surface area contributed by atoms with Crippen LogP contribution < -0.4 is 10.5 Å². The van der Waals surface area contributed by atoms with Crippen LogP contribution in [0.1, 0.15) is 16.7 Å². The lowest BCUT2D eigenvalue weighted by Crippen LogP contribution is -2.06. The molecule has 2 aromatic rings. The lowest BCUT2D eigenvalue weighted by atomic mass is 10.1. The SMILES string of the molecule is COc1cc(C)c(O)c(C=NN=C(N)SCc2ccccc2)c1. The van der Waals surface area contributed by atoms with E-state index in [-0.39, 0.29) is 5.75 Å². The fourth-order valence-corrected chi connectivity index (χ4v) is 2.51. The number of methoxy groups -OCH3 is 1. The Balaban J connectivity index is 2.01. The third kappa shape index (κ3) is 5.03. The van der Waals surface area contributed by atoms with E-state index in [1.54, 1.807) is 26.2 Å². The highest BCUT2D eigenvalue weighted by Crippen LogP contribution is 2.26. The van der Waals surface area contributed by atoms with Gasteiger partial charge in [0.05, 0.1) is 13.3 Å². The Labute approximate surface area is 139 Å². The van der Waals surface area contributed by atoms with Crippen LogP contribution in [0.2, 0.25) is 0 Å². The molecule has 0 unspecified atom stereocenters. The molecule has 0 aliphatic heterocycles. The van der Waals surface area contributed by atoms with Gasteiger partial charge < -0.3 is 15.6 Å². The number of aryl methyl sites for hydroxylation is 1. The summed E-state index contributed by atoms with van der Waals surface area (Å²) in [5.41, 5.74) is 8.23. The van der Waals surface area contributed by atoms with Crippen LogP contribution in [-0.2, 0) is 5.75 Å². The van der Waals surface area contributed by atoms with Gasteiger partial charge in [-0.1, -0.05) is 42.1 Å². The first-order valence-electron chi connectivity index (χ1n) is 7.01. The number of phenolic OH excluding ortho intramolecular Hbond substituents is 1. The first kappa shape index (κ1) is 16.9. The van der Waals surface area contributed by atoms with E-state index in [0.29, 0.717) is 22.0 Å². The van der Waals surface area contributed by atoms with Gasteiger partial charge >= 0.3 is 0 Å². The highest BCUT2D eigenvalue weighted by atomic mass is 32.2. The normalized spacial score (nSPS) is 11.8. The van der Waals surface area contributed by atoms with Crippen molar-refractivity contribution in [3.05, 3.63) is 59.2 Å². The first-order valence-corrected chi connectivity index (χ1v) is 7.99. The third-order valence-electron chi connectivity index (χ3n) is 3.12. The van der Waals surface area contributed by atoms with E-state index in [9.17, 15) is 5.11 Å².